The largest absolute Gasteiger partial charge is 0.346 e. The van der Waals surface area contributed by atoms with Crippen LogP contribution in [0.3, 0.4) is 0 Å². The highest BCUT2D eigenvalue weighted by Gasteiger charge is 2.25. The molecule has 30 heavy (non-hydrogen) atoms. The molecular formula is C23H22N4O3. The second-order valence-corrected chi connectivity index (χ2v) is 7.33. The third-order valence-electron chi connectivity index (χ3n) is 5.26. The summed E-state index contributed by atoms with van der Waals surface area (Å²) in [6.07, 6.45) is 7.64. The normalized spacial score (nSPS) is 15.7. The standard InChI is InChI=1S/C23H22N4O3/c28-23(13-12-17-8-4-9-19(14-17)27(29)30)25-21-10-5-11-22-20(21)15-24-26(22)16-18-6-2-1-3-7-18/h1-4,6-9,12-15,21H,5,10-11,16H2,(H,25,28)/b13-12+. The third-order valence-corrected chi connectivity index (χ3v) is 5.26. The lowest BCUT2D eigenvalue weighted by atomic mass is 9.93. The zero-order valence-corrected chi connectivity index (χ0v) is 16.4. The quantitative estimate of drug-likeness (QED) is 0.383. The number of fused-ring (bicyclic) bond motifs is 1. The number of amides is 1. The lowest BCUT2D eigenvalue weighted by molar-refractivity contribution is -0.384. The van der Waals surface area contributed by atoms with Crippen molar-refractivity contribution in [2.24, 2.45) is 0 Å². The molecule has 0 spiro atoms. The number of hydrogen-bond acceptors (Lipinski definition) is 4. The minimum absolute atomic E-state index is 0.000288. The van der Waals surface area contributed by atoms with Gasteiger partial charge in [-0.05, 0) is 36.5 Å². The topological polar surface area (TPSA) is 90.1 Å². The maximum atomic E-state index is 12.5. The van der Waals surface area contributed by atoms with E-state index in [1.165, 1.54) is 23.8 Å². The van der Waals surface area contributed by atoms with Gasteiger partial charge in [0.2, 0.25) is 5.91 Å². The van der Waals surface area contributed by atoms with Crippen molar-refractivity contribution < 1.29 is 9.72 Å². The van der Waals surface area contributed by atoms with E-state index in [-0.39, 0.29) is 17.6 Å². The first-order chi connectivity index (χ1) is 14.6. The number of rotatable bonds is 6. The Labute approximate surface area is 174 Å². The highest BCUT2D eigenvalue weighted by atomic mass is 16.6. The molecule has 7 heteroatoms. The van der Waals surface area contributed by atoms with Gasteiger partial charge in [-0.25, -0.2) is 0 Å². The molecule has 0 saturated carbocycles. The number of aromatic nitrogens is 2. The maximum Gasteiger partial charge on any atom is 0.270 e. The Hall–Kier alpha value is -3.74. The molecule has 3 aromatic rings. The number of nitrogens with one attached hydrogen (secondary N) is 1. The molecule has 0 fully saturated rings. The van der Waals surface area contributed by atoms with Gasteiger partial charge in [0.25, 0.3) is 5.69 Å². The van der Waals surface area contributed by atoms with Gasteiger partial charge in [-0.1, -0.05) is 42.5 Å². The van der Waals surface area contributed by atoms with E-state index in [2.05, 4.69) is 22.5 Å². The molecule has 152 valence electrons. The summed E-state index contributed by atoms with van der Waals surface area (Å²) >= 11 is 0. The van der Waals surface area contributed by atoms with Crippen molar-refractivity contribution >= 4 is 17.7 Å². The van der Waals surface area contributed by atoms with Crippen LogP contribution in [0.5, 0.6) is 0 Å². The summed E-state index contributed by atoms with van der Waals surface area (Å²) < 4.78 is 2.02. The molecule has 1 amide bonds. The van der Waals surface area contributed by atoms with Crippen molar-refractivity contribution in [3.8, 4) is 0 Å². The van der Waals surface area contributed by atoms with Crippen LogP contribution >= 0.6 is 0 Å². The van der Waals surface area contributed by atoms with Crippen LogP contribution in [0.25, 0.3) is 6.08 Å². The highest BCUT2D eigenvalue weighted by molar-refractivity contribution is 5.92. The Morgan fingerprint density at radius 3 is 2.87 bits per heavy atom. The Bertz CT molecular complexity index is 1090. The predicted molar refractivity (Wildman–Crippen MR) is 114 cm³/mol. The first kappa shape index (κ1) is 19.6. The molecule has 1 atom stereocenters. The fraction of sp³-hybridized carbons (Fsp3) is 0.217. The molecule has 7 nitrogen and oxygen atoms in total. The van der Waals surface area contributed by atoms with E-state index in [9.17, 15) is 14.9 Å². The van der Waals surface area contributed by atoms with Crippen LogP contribution in [0.1, 0.15) is 41.3 Å². The predicted octanol–water partition coefficient (Wildman–Crippen LogP) is 4.05. The smallest absolute Gasteiger partial charge is 0.270 e. The van der Waals surface area contributed by atoms with Gasteiger partial charge in [0.05, 0.1) is 23.7 Å². The number of non-ortho nitro benzene ring substituents is 1. The molecule has 4 rings (SSSR count). The Balaban J connectivity index is 1.44. The fourth-order valence-electron chi connectivity index (χ4n) is 3.80. The Morgan fingerprint density at radius 2 is 2.07 bits per heavy atom. The first-order valence-electron chi connectivity index (χ1n) is 9.92. The number of hydrogen-bond donors (Lipinski definition) is 1. The van der Waals surface area contributed by atoms with E-state index in [0.717, 1.165) is 30.5 Å². The summed E-state index contributed by atoms with van der Waals surface area (Å²) in [5.41, 5.74) is 4.03. The first-order valence-corrected chi connectivity index (χ1v) is 9.92. The van der Waals surface area contributed by atoms with Crippen LogP contribution in [0.4, 0.5) is 5.69 Å². The molecule has 1 aromatic heterocycles. The molecule has 1 aliphatic carbocycles. The molecule has 1 aliphatic rings. The molecule has 0 aliphatic heterocycles. The van der Waals surface area contributed by atoms with Crippen LogP contribution in [0, 0.1) is 10.1 Å². The molecule has 0 radical (unpaired) electrons. The van der Waals surface area contributed by atoms with Crippen LogP contribution in [0.2, 0.25) is 0 Å². The number of benzene rings is 2. The Morgan fingerprint density at radius 1 is 1.23 bits per heavy atom. The monoisotopic (exact) mass is 402 g/mol. The average molecular weight is 402 g/mol. The number of nitro benzene ring substituents is 1. The fourth-order valence-corrected chi connectivity index (χ4v) is 3.80. The maximum absolute atomic E-state index is 12.5. The van der Waals surface area contributed by atoms with Gasteiger partial charge < -0.3 is 5.32 Å². The third kappa shape index (κ3) is 4.46. The Kier molecular flexibility index (Phi) is 5.70. The van der Waals surface area contributed by atoms with Crippen LogP contribution in [-0.4, -0.2) is 20.6 Å². The summed E-state index contributed by atoms with van der Waals surface area (Å²) in [4.78, 5) is 22.9. The molecule has 0 saturated heterocycles. The SMILES string of the molecule is O=C(/C=C/c1cccc([N+](=O)[O-])c1)NC1CCCc2c1cnn2Cc1ccccc1. The van der Waals surface area contributed by atoms with Gasteiger partial charge in [-0.3, -0.25) is 19.6 Å². The molecule has 0 bridgehead atoms. The second kappa shape index (κ2) is 8.73. The summed E-state index contributed by atoms with van der Waals surface area (Å²) in [6, 6.07) is 16.3. The van der Waals surface area contributed by atoms with Gasteiger partial charge >= 0.3 is 0 Å². The van der Waals surface area contributed by atoms with E-state index >= 15 is 0 Å². The minimum atomic E-state index is -0.450. The van der Waals surface area contributed by atoms with Crippen molar-refractivity contribution in [2.75, 3.05) is 0 Å². The zero-order valence-electron chi connectivity index (χ0n) is 16.4. The van der Waals surface area contributed by atoms with Gasteiger partial charge in [0.1, 0.15) is 0 Å². The van der Waals surface area contributed by atoms with E-state index in [4.69, 9.17) is 0 Å². The van der Waals surface area contributed by atoms with Crippen molar-refractivity contribution in [1.82, 2.24) is 15.1 Å². The lowest BCUT2D eigenvalue weighted by Crippen LogP contribution is -2.29. The van der Waals surface area contributed by atoms with Gasteiger partial charge in [-0.2, -0.15) is 5.10 Å². The number of nitrogens with zero attached hydrogens (tertiary/aromatic N) is 3. The van der Waals surface area contributed by atoms with Crippen molar-refractivity contribution in [1.29, 1.82) is 0 Å². The number of carbonyl (C=O) groups is 1. The number of carbonyl (C=O) groups excluding carboxylic acids is 1. The van der Waals surface area contributed by atoms with Crippen molar-refractivity contribution in [3.05, 3.63) is 99.4 Å². The molecular weight excluding hydrogens is 380 g/mol. The molecule has 1 N–H and O–H groups in total. The average Bonchev–Trinajstić information content (AvgIpc) is 3.17. The zero-order chi connectivity index (χ0) is 20.9. The minimum Gasteiger partial charge on any atom is -0.346 e. The summed E-state index contributed by atoms with van der Waals surface area (Å²) in [7, 11) is 0. The molecule has 1 heterocycles. The summed E-state index contributed by atoms with van der Waals surface area (Å²) in [5.74, 6) is -0.227. The number of nitro groups is 1. The van der Waals surface area contributed by atoms with Crippen LogP contribution < -0.4 is 5.32 Å². The van der Waals surface area contributed by atoms with Gasteiger partial charge in [0.15, 0.2) is 0 Å². The van der Waals surface area contributed by atoms with E-state index in [1.807, 2.05) is 29.1 Å². The molecule has 2 aromatic carbocycles. The van der Waals surface area contributed by atoms with Crippen molar-refractivity contribution in [2.45, 2.75) is 31.8 Å². The van der Waals surface area contributed by atoms with Gasteiger partial charge in [0, 0.05) is 29.5 Å². The van der Waals surface area contributed by atoms with Crippen LogP contribution in [-0.2, 0) is 17.8 Å². The highest BCUT2D eigenvalue weighted by Crippen LogP contribution is 2.30. The van der Waals surface area contributed by atoms with Crippen molar-refractivity contribution in [3.63, 3.8) is 0 Å². The van der Waals surface area contributed by atoms with E-state index in [1.54, 1.807) is 18.2 Å². The van der Waals surface area contributed by atoms with E-state index in [0.29, 0.717) is 12.1 Å². The summed E-state index contributed by atoms with van der Waals surface area (Å²) in [6.45, 7) is 0.712. The van der Waals surface area contributed by atoms with Gasteiger partial charge in [-0.15, -0.1) is 0 Å². The lowest BCUT2D eigenvalue weighted by Gasteiger charge is -2.23. The van der Waals surface area contributed by atoms with E-state index < -0.39 is 4.92 Å². The second-order valence-electron chi connectivity index (χ2n) is 7.33. The molecule has 1 unspecified atom stereocenters. The van der Waals surface area contributed by atoms with Crippen LogP contribution in [0.15, 0.2) is 66.9 Å². The summed E-state index contributed by atoms with van der Waals surface area (Å²) in [5, 5.41) is 18.5.